The van der Waals surface area contributed by atoms with Crippen LogP contribution in [-0.4, -0.2) is 26.4 Å². The van der Waals surface area contributed by atoms with Gasteiger partial charge in [-0.1, -0.05) is 36.4 Å². The summed E-state index contributed by atoms with van der Waals surface area (Å²) in [4.78, 5) is 0. The lowest BCUT2D eigenvalue weighted by Gasteiger charge is -2.18. The molecular formula is C16H18F3NO. The lowest BCUT2D eigenvalue weighted by molar-refractivity contribution is -0.145. The van der Waals surface area contributed by atoms with E-state index in [1.165, 1.54) is 0 Å². The van der Waals surface area contributed by atoms with Crippen molar-refractivity contribution >= 4 is 10.8 Å². The Kier molecular flexibility index (Phi) is 5.20. The smallest absolute Gasteiger partial charge is 0.379 e. The lowest BCUT2D eigenvalue weighted by Crippen LogP contribution is -2.23. The molecule has 0 heterocycles. The molecule has 1 atom stereocenters. The number of hydrogen-bond acceptors (Lipinski definition) is 2. The fourth-order valence-electron chi connectivity index (χ4n) is 2.16. The van der Waals surface area contributed by atoms with E-state index in [-0.39, 0.29) is 19.3 Å². The highest BCUT2D eigenvalue weighted by Crippen LogP contribution is 2.22. The van der Waals surface area contributed by atoms with Crippen LogP contribution in [0.1, 0.15) is 18.0 Å². The number of fused-ring (bicyclic) bond motifs is 1. The first-order valence-electron chi connectivity index (χ1n) is 6.80. The second-order valence-electron chi connectivity index (χ2n) is 4.89. The zero-order valence-electron chi connectivity index (χ0n) is 11.8. The van der Waals surface area contributed by atoms with E-state index in [2.05, 4.69) is 5.32 Å². The maximum absolute atomic E-state index is 12.1. The van der Waals surface area contributed by atoms with Crippen LogP contribution in [0, 0.1) is 0 Å². The molecule has 0 saturated carbocycles. The second-order valence-corrected chi connectivity index (χ2v) is 4.89. The molecule has 0 amide bonds. The van der Waals surface area contributed by atoms with E-state index in [1.54, 1.807) is 7.05 Å². The van der Waals surface area contributed by atoms with Crippen LogP contribution >= 0.6 is 0 Å². The SMILES string of the molecule is CNC(COCCC(F)(F)F)c1ccc2ccccc2c1. The average Bonchev–Trinajstić information content (AvgIpc) is 2.46. The molecule has 0 saturated heterocycles. The predicted molar refractivity (Wildman–Crippen MR) is 77.2 cm³/mol. The number of ether oxygens (including phenoxy) is 1. The Morgan fingerprint density at radius 1 is 1.10 bits per heavy atom. The highest BCUT2D eigenvalue weighted by molar-refractivity contribution is 5.83. The molecule has 0 aromatic heterocycles. The summed E-state index contributed by atoms with van der Waals surface area (Å²) in [5.74, 6) is 0. The first-order chi connectivity index (χ1) is 9.99. The van der Waals surface area contributed by atoms with Gasteiger partial charge in [0.1, 0.15) is 0 Å². The number of hydrogen-bond donors (Lipinski definition) is 1. The Morgan fingerprint density at radius 3 is 2.48 bits per heavy atom. The molecule has 2 nitrogen and oxygen atoms in total. The van der Waals surface area contributed by atoms with E-state index in [4.69, 9.17) is 4.74 Å². The van der Waals surface area contributed by atoms with Crippen LogP contribution in [0.4, 0.5) is 13.2 Å². The van der Waals surface area contributed by atoms with Crippen LogP contribution in [0.15, 0.2) is 42.5 Å². The molecule has 0 radical (unpaired) electrons. The van der Waals surface area contributed by atoms with Crippen molar-refractivity contribution in [2.45, 2.75) is 18.6 Å². The quantitative estimate of drug-likeness (QED) is 0.812. The monoisotopic (exact) mass is 297 g/mol. The van der Waals surface area contributed by atoms with Gasteiger partial charge in [-0.3, -0.25) is 0 Å². The van der Waals surface area contributed by atoms with Crippen molar-refractivity contribution in [2.24, 2.45) is 0 Å². The van der Waals surface area contributed by atoms with Crippen molar-refractivity contribution in [3.05, 3.63) is 48.0 Å². The van der Waals surface area contributed by atoms with Crippen LogP contribution in [0.2, 0.25) is 0 Å². The minimum absolute atomic E-state index is 0.122. The van der Waals surface area contributed by atoms with Crippen molar-refractivity contribution in [3.8, 4) is 0 Å². The molecule has 1 N–H and O–H groups in total. The summed E-state index contributed by atoms with van der Waals surface area (Å²) in [6.45, 7) is -0.0970. The Morgan fingerprint density at radius 2 is 1.81 bits per heavy atom. The highest BCUT2D eigenvalue weighted by Gasteiger charge is 2.26. The van der Waals surface area contributed by atoms with Crippen molar-refractivity contribution in [1.82, 2.24) is 5.32 Å². The van der Waals surface area contributed by atoms with Crippen LogP contribution < -0.4 is 5.32 Å². The van der Waals surface area contributed by atoms with Crippen LogP contribution in [-0.2, 0) is 4.74 Å². The molecule has 0 fully saturated rings. The maximum Gasteiger partial charge on any atom is 0.391 e. The summed E-state index contributed by atoms with van der Waals surface area (Å²) in [6.07, 6.45) is -5.08. The van der Waals surface area contributed by atoms with E-state index < -0.39 is 12.6 Å². The third-order valence-electron chi connectivity index (χ3n) is 3.34. The van der Waals surface area contributed by atoms with E-state index in [1.807, 2.05) is 42.5 Å². The van der Waals surface area contributed by atoms with Gasteiger partial charge in [-0.25, -0.2) is 0 Å². The first-order valence-corrected chi connectivity index (χ1v) is 6.80. The minimum Gasteiger partial charge on any atom is -0.379 e. The van der Waals surface area contributed by atoms with Crippen molar-refractivity contribution in [3.63, 3.8) is 0 Å². The number of rotatable bonds is 6. The van der Waals surface area contributed by atoms with E-state index in [9.17, 15) is 13.2 Å². The number of benzene rings is 2. The zero-order chi connectivity index (χ0) is 15.3. The molecule has 0 aliphatic carbocycles. The Labute approximate surface area is 121 Å². The summed E-state index contributed by atoms with van der Waals surface area (Å²) in [5.41, 5.74) is 1.00. The summed E-state index contributed by atoms with van der Waals surface area (Å²) >= 11 is 0. The normalized spacial score (nSPS) is 13.5. The number of alkyl halides is 3. The number of nitrogens with one attached hydrogen (secondary N) is 1. The van der Waals surface area contributed by atoms with E-state index in [0.29, 0.717) is 0 Å². The van der Waals surface area contributed by atoms with Gasteiger partial charge in [-0.2, -0.15) is 13.2 Å². The molecule has 0 bridgehead atoms. The van der Waals surface area contributed by atoms with Crippen LogP contribution in [0.5, 0.6) is 0 Å². The summed E-state index contributed by atoms with van der Waals surface area (Å²) in [6, 6.07) is 13.8. The van der Waals surface area contributed by atoms with E-state index in [0.717, 1.165) is 16.3 Å². The minimum atomic E-state index is -4.17. The summed E-state index contributed by atoms with van der Waals surface area (Å²) in [7, 11) is 1.77. The molecule has 2 aromatic carbocycles. The van der Waals surface area contributed by atoms with Crippen molar-refractivity contribution in [1.29, 1.82) is 0 Å². The third-order valence-corrected chi connectivity index (χ3v) is 3.34. The molecule has 0 aliphatic rings. The summed E-state index contributed by atoms with van der Waals surface area (Å²) in [5, 5.41) is 5.31. The molecular weight excluding hydrogens is 279 g/mol. The molecule has 2 aromatic rings. The van der Waals surface area contributed by atoms with Crippen LogP contribution in [0.3, 0.4) is 0 Å². The first kappa shape index (κ1) is 15.8. The van der Waals surface area contributed by atoms with E-state index >= 15 is 0 Å². The van der Waals surface area contributed by atoms with Crippen molar-refractivity contribution in [2.75, 3.05) is 20.3 Å². The molecule has 2 rings (SSSR count). The number of likely N-dealkylation sites (N-methyl/N-ethyl adjacent to an activating group) is 1. The molecule has 114 valence electrons. The molecule has 1 unspecified atom stereocenters. The van der Waals surface area contributed by atoms with Gasteiger partial charge in [-0.15, -0.1) is 0 Å². The van der Waals surface area contributed by atoms with Crippen LogP contribution in [0.25, 0.3) is 10.8 Å². The zero-order valence-corrected chi connectivity index (χ0v) is 11.8. The third kappa shape index (κ3) is 4.72. The Hall–Kier alpha value is -1.59. The molecule has 0 spiro atoms. The van der Waals surface area contributed by atoms with Gasteiger partial charge in [0.05, 0.1) is 25.7 Å². The maximum atomic E-state index is 12.1. The van der Waals surface area contributed by atoms with Crippen molar-refractivity contribution < 1.29 is 17.9 Å². The molecule has 21 heavy (non-hydrogen) atoms. The van der Waals surface area contributed by atoms with Gasteiger partial charge >= 0.3 is 6.18 Å². The highest BCUT2D eigenvalue weighted by atomic mass is 19.4. The molecule has 0 aliphatic heterocycles. The number of halogens is 3. The lowest BCUT2D eigenvalue weighted by atomic mass is 10.0. The Bertz CT molecular complexity index is 583. The average molecular weight is 297 g/mol. The fraction of sp³-hybridized carbons (Fsp3) is 0.375. The van der Waals surface area contributed by atoms with Gasteiger partial charge < -0.3 is 10.1 Å². The molecule has 5 heteroatoms. The van der Waals surface area contributed by atoms with Gasteiger partial charge in [0, 0.05) is 0 Å². The standard InChI is InChI=1S/C16H18F3NO/c1-20-15(11-21-9-8-16(17,18)19)14-7-6-12-4-2-3-5-13(12)10-14/h2-7,10,15,20H,8-9,11H2,1H3. The van der Waals surface area contributed by atoms with Gasteiger partial charge in [0.15, 0.2) is 0 Å². The van der Waals surface area contributed by atoms with Gasteiger partial charge in [0.25, 0.3) is 0 Å². The second kappa shape index (κ2) is 6.91. The fourth-order valence-corrected chi connectivity index (χ4v) is 2.16. The van der Waals surface area contributed by atoms with Gasteiger partial charge in [0.2, 0.25) is 0 Å². The predicted octanol–water partition coefficient (Wildman–Crippen LogP) is 4.07. The van der Waals surface area contributed by atoms with Gasteiger partial charge in [-0.05, 0) is 29.4 Å². The topological polar surface area (TPSA) is 21.3 Å². The largest absolute Gasteiger partial charge is 0.391 e. The Balaban J connectivity index is 1.99. The summed E-state index contributed by atoms with van der Waals surface area (Å²) < 4.78 is 41.3.